The van der Waals surface area contributed by atoms with Crippen LogP contribution in [0, 0.1) is 0 Å². The Morgan fingerprint density at radius 3 is 2.32 bits per heavy atom. The molecule has 0 radical (unpaired) electrons. The second-order valence-electron chi connectivity index (χ2n) is 5.73. The highest BCUT2D eigenvalue weighted by Gasteiger charge is 2.27. The number of amides is 3. The summed E-state index contributed by atoms with van der Waals surface area (Å²) in [5.74, 6) is 0.0448. The lowest BCUT2D eigenvalue weighted by molar-refractivity contribution is -0.121. The zero-order chi connectivity index (χ0) is 15.8. The first-order chi connectivity index (χ1) is 10.7. The van der Waals surface area contributed by atoms with Gasteiger partial charge in [-0.1, -0.05) is 50.1 Å². The number of nitrogens with one attached hydrogen (secondary N) is 3. The zero-order valence-electron chi connectivity index (χ0n) is 13.1. The zero-order valence-corrected chi connectivity index (χ0v) is 13.1. The van der Waals surface area contributed by atoms with E-state index in [9.17, 15) is 9.59 Å². The van der Waals surface area contributed by atoms with Gasteiger partial charge in [0.25, 0.3) is 0 Å². The van der Waals surface area contributed by atoms with E-state index < -0.39 is 0 Å². The lowest BCUT2D eigenvalue weighted by atomic mass is 9.90. The SMILES string of the molecule is CCC(=O)NC1CCCCC1NC(=O)NCc1ccccc1. The first-order valence-corrected chi connectivity index (χ1v) is 8.06. The average Bonchev–Trinajstić information content (AvgIpc) is 2.55. The van der Waals surface area contributed by atoms with E-state index in [1.54, 1.807) is 0 Å². The summed E-state index contributed by atoms with van der Waals surface area (Å²) in [5, 5.41) is 8.89. The van der Waals surface area contributed by atoms with Gasteiger partial charge in [-0.25, -0.2) is 4.79 Å². The van der Waals surface area contributed by atoms with Crippen LogP contribution >= 0.6 is 0 Å². The Bertz CT molecular complexity index is 490. The van der Waals surface area contributed by atoms with Crippen molar-refractivity contribution in [3.05, 3.63) is 35.9 Å². The van der Waals surface area contributed by atoms with Gasteiger partial charge in [-0.15, -0.1) is 0 Å². The average molecular weight is 303 g/mol. The van der Waals surface area contributed by atoms with Crippen molar-refractivity contribution in [1.29, 1.82) is 0 Å². The van der Waals surface area contributed by atoms with Crippen LogP contribution in [0.1, 0.15) is 44.6 Å². The summed E-state index contributed by atoms with van der Waals surface area (Å²) in [6, 6.07) is 9.69. The third-order valence-corrected chi connectivity index (χ3v) is 4.05. The fraction of sp³-hybridized carbons (Fsp3) is 0.529. The Hall–Kier alpha value is -2.04. The van der Waals surface area contributed by atoms with Crippen LogP contribution in [-0.2, 0) is 11.3 Å². The summed E-state index contributed by atoms with van der Waals surface area (Å²) in [5.41, 5.74) is 1.07. The summed E-state index contributed by atoms with van der Waals surface area (Å²) >= 11 is 0. The van der Waals surface area contributed by atoms with Gasteiger partial charge in [0.1, 0.15) is 0 Å². The van der Waals surface area contributed by atoms with E-state index in [1.165, 1.54) is 0 Å². The van der Waals surface area contributed by atoms with Gasteiger partial charge in [0.05, 0.1) is 6.04 Å². The number of hydrogen-bond acceptors (Lipinski definition) is 2. The van der Waals surface area contributed by atoms with Gasteiger partial charge in [0.15, 0.2) is 0 Å². The maximum Gasteiger partial charge on any atom is 0.315 e. The van der Waals surface area contributed by atoms with E-state index in [0.29, 0.717) is 13.0 Å². The third-order valence-electron chi connectivity index (χ3n) is 4.05. The smallest absolute Gasteiger partial charge is 0.315 e. The van der Waals surface area contributed by atoms with E-state index >= 15 is 0 Å². The van der Waals surface area contributed by atoms with Gasteiger partial charge in [-0.05, 0) is 18.4 Å². The predicted octanol–water partition coefficient (Wildman–Crippen LogP) is 2.32. The van der Waals surface area contributed by atoms with Gasteiger partial charge >= 0.3 is 6.03 Å². The van der Waals surface area contributed by atoms with Crippen LogP contribution in [0.15, 0.2) is 30.3 Å². The molecule has 0 saturated heterocycles. The second-order valence-corrected chi connectivity index (χ2v) is 5.73. The molecule has 2 atom stereocenters. The monoisotopic (exact) mass is 303 g/mol. The van der Waals surface area contributed by atoms with Crippen molar-refractivity contribution in [3.8, 4) is 0 Å². The Morgan fingerprint density at radius 1 is 1.05 bits per heavy atom. The Balaban J connectivity index is 1.81. The molecule has 2 unspecified atom stereocenters. The first-order valence-electron chi connectivity index (χ1n) is 8.06. The van der Waals surface area contributed by atoms with Gasteiger partial charge in [-0.2, -0.15) is 0 Å². The van der Waals surface area contributed by atoms with Crippen molar-refractivity contribution in [1.82, 2.24) is 16.0 Å². The summed E-state index contributed by atoms with van der Waals surface area (Å²) in [7, 11) is 0. The quantitative estimate of drug-likeness (QED) is 0.781. The molecule has 1 aromatic rings. The minimum Gasteiger partial charge on any atom is -0.351 e. The number of carbonyl (C=O) groups is 2. The lowest BCUT2D eigenvalue weighted by Crippen LogP contribution is -2.54. The molecule has 1 aliphatic rings. The molecular weight excluding hydrogens is 278 g/mol. The van der Waals surface area contributed by atoms with Crippen LogP contribution < -0.4 is 16.0 Å². The van der Waals surface area contributed by atoms with Gasteiger partial charge < -0.3 is 16.0 Å². The number of benzene rings is 1. The van der Waals surface area contributed by atoms with Crippen molar-refractivity contribution >= 4 is 11.9 Å². The van der Waals surface area contributed by atoms with Crippen molar-refractivity contribution in [2.75, 3.05) is 0 Å². The minimum absolute atomic E-state index is 0.0139. The Morgan fingerprint density at radius 2 is 1.68 bits per heavy atom. The standard InChI is InChI=1S/C17H25N3O2/c1-2-16(21)19-14-10-6-7-11-15(14)20-17(22)18-12-13-8-4-3-5-9-13/h3-5,8-9,14-15H,2,6-7,10-12H2,1H3,(H,19,21)(H2,18,20,22). The summed E-state index contributed by atoms with van der Waals surface area (Å²) in [4.78, 5) is 23.6. The third kappa shape index (κ3) is 5.06. The predicted molar refractivity (Wildman–Crippen MR) is 86.3 cm³/mol. The van der Waals surface area contributed by atoms with E-state index in [0.717, 1.165) is 31.2 Å². The number of hydrogen-bond donors (Lipinski definition) is 3. The van der Waals surface area contributed by atoms with Gasteiger partial charge in [0.2, 0.25) is 5.91 Å². The normalized spacial score (nSPS) is 21.0. The fourth-order valence-electron chi connectivity index (χ4n) is 2.78. The van der Waals surface area contributed by atoms with E-state index in [2.05, 4.69) is 16.0 Å². The van der Waals surface area contributed by atoms with Crippen molar-refractivity contribution in [2.24, 2.45) is 0 Å². The summed E-state index contributed by atoms with van der Waals surface area (Å²) < 4.78 is 0. The molecule has 120 valence electrons. The molecule has 22 heavy (non-hydrogen) atoms. The molecule has 0 aliphatic heterocycles. The van der Waals surface area contributed by atoms with Crippen LogP contribution in [0.3, 0.4) is 0 Å². The summed E-state index contributed by atoms with van der Waals surface area (Å²) in [6.45, 7) is 2.35. The molecule has 0 spiro atoms. The van der Waals surface area contributed by atoms with E-state index in [-0.39, 0.29) is 24.0 Å². The van der Waals surface area contributed by atoms with Crippen LogP contribution in [0.4, 0.5) is 4.79 Å². The highest BCUT2D eigenvalue weighted by Crippen LogP contribution is 2.18. The van der Waals surface area contributed by atoms with Crippen LogP contribution in [0.25, 0.3) is 0 Å². The van der Waals surface area contributed by atoms with E-state index in [4.69, 9.17) is 0 Å². The largest absolute Gasteiger partial charge is 0.351 e. The van der Waals surface area contributed by atoms with E-state index in [1.807, 2.05) is 37.3 Å². The minimum atomic E-state index is -0.175. The number of rotatable bonds is 5. The molecular formula is C17H25N3O2. The van der Waals surface area contributed by atoms with Crippen LogP contribution in [0.2, 0.25) is 0 Å². The topological polar surface area (TPSA) is 70.2 Å². The first kappa shape index (κ1) is 16.3. The van der Waals surface area contributed by atoms with Crippen LogP contribution in [-0.4, -0.2) is 24.0 Å². The molecule has 0 aromatic heterocycles. The maximum absolute atomic E-state index is 12.1. The molecule has 1 saturated carbocycles. The fourth-order valence-corrected chi connectivity index (χ4v) is 2.78. The molecule has 1 fully saturated rings. The second kappa shape index (κ2) is 8.41. The molecule has 1 aliphatic carbocycles. The molecule has 3 N–H and O–H groups in total. The lowest BCUT2D eigenvalue weighted by Gasteiger charge is -2.32. The molecule has 2 rings (SSSR count). The van der Waals surface area contributed by atoms with Crippen molar-refractivity contribution in [3.63, 3.8) is 0 Å². The molecule has 1 aromatic carbocycles. The van der Waals surface area contributed by atoms with Gasteiger partial charge in [0, 0.05) is 19.0 Å². The molecule has 5 nitrogen and oxygen atoms in total. The molecule has 5 heteroatoms. The maximum atomic E-state index is 12.1. The highest BCUT2D eigenvalue weighted by molar-refractivity contribution is 5.76. The van der Waals surface area contributed by atoms with Crippen molar-refractivity contribution in [2.45, 2.75) is 57.7 Å². The summed E-state index contributed by atoms with van der Waals surface area (Å²) in [6.07, 6.45) is 4.49. The molecule has 0 heterocycles. The van der Waals surface area contributed by atoms with Gasteiger partial charge in [-0.3, -0.25) is 4.79 Å². The molecule has 0 bridgehead atoms. The number of urea groups is 1. The van der Waals surface area contributed by atoms with Crippen LogP contribution in [0.5, 0.6) is 0 Å². The molecule has 3 amide bonds. The Labute approximate surface area is 131 Å². The van der Waals surface area contributed by atoms with Crippen molar-refractivity contribution < 1.29 is 9.59 Å². The Kier molecular flexibility index (Phi) is 6.25. The highest BCUT2D eigenvalue weighted by atomic mass is 16.2. The number of carbonyl (C=O) groups excluding carboxylic acids is 2.